The Labute approximate surface area is 237 Å². The Kier molecular flexibility index (Phi) is 7.46. The summed E-state index contributed by atoms with van der Waals surface area (Å²) in [5.74, 6) is 1.14. The summed E-state index contributed by atoms with van der Waals surface area (Å²) in [7, 11) is -0.775. The third kappa shape index (κ3) is 5.49. The maximum absolute atomic E-state index is 12.0. The zero-order valence-corrected chi connectivity index (χ0v) is 23.5. The second kappa shape index (κ2) is 11.0. The van der Waals surface area contributed by atoms with Crippen molar-refractivity contribution in [2.24, 2.45) is 0 Å². The number of ether oxygens (including phenoxy) is 2. The molecule has 2 unspecified atom stereocenters. The molecule has 5 rings (SSSR count). The molecule has 2 atom stereocenters. The van der Waals surface area contributed by atoms with E-state index in [2.05, 4.69) is 15.0 Å². The molecule has 0 amide bonds. The van der Waals surface area contributed by atoms with Crippen LogP contribution in [0.1, 0.15) is 33.9 Å². The van der Waals surface area contributed by atoms with Crippen molar-refractivity contribution >= 4 is 44.7 Å². The van der Waals surface area contributed by atoms with Crippen LogP contribution in [-0.2, 0) is 14.8 Å². The van der Waals surface area contributed by atoms with Gasteiger partial charge in [0, 0.05) is 17.4 Å². The van der Waals surface area contributed by atoms with Gasteiger partial charge in [-0.2, -0.15) is 0 Å². The van der Waals surface area contributed by atoms with Gasteiger partial charge >= 0.3 is 5.97 Å². The number of anilines is 2. The predicted molar refractivity (Wildman–Crippen MR) is 155 cm³/mol. The predicted octanol–water partition coefficient (Wildman–Crippen LogP) is 4.69. The van der Waals surface area contributed by atoms with E-state index in [4.69, 9.17) is 26.1 Å². The lowest BCUT2D eigenvalue weighted by atomic mass is 10.0. The molecule has 10 nitrogen and oxygen atoms in total. The minimum Gasteiger partial charge on any atom is -0.495 e. The molecule has 0 bridgehead atoms. The first kappa shape index (κ1) is 27.2. The molecule has 2 N–H and O–H groups in total. The maximum Gasteiger partial charge on any atom is 0.337 e. The van der Waals surface area contributed by atoms with Crippen molar-refractivity contribution in [1.82, 2.24) is 10.3 Å². The third-order valence-electron chi connectivity index (χ3n) is 6.36. The molecule has 206 valence electrons. The molecule has 3 heterocycles. The molecule has 0 aliphatic carbocycles. The molecule has 2 aromatic heterocycles. The summed E-state index contributed by atoms with van der Waals surface area (Å²) in [4.78, 5) is 18.2. The van der Waals surface area contributed by atoms with Crippen molar-refractivity contribution < 1.29 is 27.1 Å². The number of hydrogen-bond acceptors (Lipinski definition) is 8. The van der Waals surface area contributed by atoms with E-state index in [0.29, 0.717) is 33.6 Å². The molecule has 4 aromatic rings. The molecule has 0 spiro atoms. The number of hydrogen-bond donors (Lipinski definition) is 2. The lowest BCUT2D eigenvalue weighted by Crippen LogP contribution is -2.29. The monoisotopic (exact) mass is 578 g/mol. The number of methoxy groups -OCH3 is 2. The number of carbonyl (C=O) groups excluding carboxylic acids is 1. The Morgan fingerprint density at radius 2 is 1.85 bits per heavy atom. The average Bonchev–Trinajstić information content (AvgIpc) is 3.57. The first-order chi connectivity index (χ1) is 19.2. The summed E-state index contributed by atoms with van der Waals surface area (Å²) in [6, 6.07) is 20.5. The second-order valence-electron chi connectivity index (χ2n) is 9.03. The van der Waals surface area contributed by atoms with Crippen molar-refractivity contribution in [3.8, 4) is 17.1 Å². The quantitative estimate of drug-likeness (QED) is 0.225. The number of furan rings is 1. The molecule has 0 radical (unpaired) electrons. The van der Waals surface area contributed by atoms with Gasteiger partial charge in [0.25, 0.3) is 0 Å². The number of aromatic nitrogens is 1. The largest absolute Gasteiger partial charge is 0.495 e. The fourth-order valence-corrected chi connectivity index (χ4v) is 5.51. The van der Waals surface area contributed by atoms with Gasteiger partial charge in [0.1, 0.15) is 23.3 Å². The average molecular weight is 579 g/mol. The second-order valence-corrected chi connectivity index (χ2v) is 11.2. The van der Waals surface area contributed by atoms with Crippen LogP contribution in [0.3, 0.4) is 0 Å². The Morgan fingerprint density at radius 3 is 2.50 bits per heavy atom. The minimum absolute atomic E-state index is 0.274. The van der Waals surface area contributed by atoms with Crippen LogP contribution in [0.5, 0.6) is 5.75 Å². The van der Waals surface area contributed by atoms with E-state index in [1.165, 1.54) is 14.2 Å². The maximum atomic E-state index is 12.0. The van der Waals surface area contributed by atoms with Gasteiger partial charge in [-0.05, 0) is 66.8 Å². The number of pyridine rings is 1. The van der Waals surface area contributed by atoms with Gasteiger partial charge < -0.3 is 24.1 Å². The number of nitrogens with one attached hydrogen (secondary N) is 2. The van der Waals surface area contributed by atoms with Gasteiger partial charge in [0.15, 0.2) is 5.11 Å². The Hall–Kier alpha value is -4.42. The zero-order chi connectivity index (χ0) is 28.4. The first-order valence-corrected chi connectivity index (χ1v) is 14.4. The van der Waals surface area contributed by atoms with E-state index in [9.17, 15) is 13.2 Å². The summed E-state index contributed by atoms with van der Waals surface area (Å²) < 4.78 is 43.1. The Balaban J connectivity index is 1.57. The van der Waals surface area contributed by atoms with Crippen LogP contribution in [-0.4, -0.2) is 45.0 Å². The lowest BCUT2D eigenvalue weighted by molar-refractivity contribution is 0.0600. The fraction of sp³-hybridized carbons (Fsp3) is 0.179. The topological polar surface area (TPSA) is 123 Å². The van der Waals surface area contributed by atoms with Gasteiger partial charge in [-0.1, -0.05) is 18.2 Å². The van der Waals surface area contributed by atoms with Crippen molar-refractivity contribution in [3.05, 3.63) is 96.0 Å². The molecule has 1 aliphatic rings. The first-order valence-electron chi connectivity index (χ1n) is 12.1. The van der Waals surface area contributed by atoms with Crippen LogP contribution in [0.25, 0.3) is 11.3 Å². The molecule has 1 fully saturated rings. The standard InChI is InChI=1S/C28H26N4O6S2/c1-36-23-12-11-19(16-21(23)31-40(3,34)35)32-26(25(30-28(32)39)20-6-4-5-15-29-20)24-14-13-22(38-24)17-7-9-18(10-8-17)27(33)37-2/h4-16,25-26,31H,1-3H3,(H,30,39). The van der Waals surface area contributed by atoms with Crippen molar-refractivity contribution in [3.63, 3.8) is 0 Å². The van der Waals surface area contributed by atoms with Gasteiger partial charge in [-0.25, -0.2) is 13.2 Å². The number of esters is 1. The molecular formula is C28H26N4O6S2. The normalized spacial score (nSPS) is 16.9. The van der Waals surface area contributed by atoms with Crippen LogP contribution < -0.4 is 19.7 Å². The number of benzene rings is 2. The van der Waals surface area contributed by atoms with E-state index in [1.807, 2.05) is 35.2 Å². The van der Waals surface area contributed by atoms with Crippen LogP contribution in [0.2, 0.25) is 0 Å². The van der Waals surface area contributed by atoms with Crippen LogP contribution in [0.15, 0.2) is 83.4 Å². The molecular weight excluding hydrogens is 552 g/mol. The molecule has 2 aromatic carbocycles. The number of nitrogens with zero attached hydrogens (tertiary/aromatic N) is 2. The lowest BCUT2D eigenvalue weighted by Gasteiger charge is -2.27. The van der Waals surface area contributed by atoms with E-state index in [-0.39, 0.29) is 11.7 Å². The minimum atomic E-state index is -3.58. The van der Waals surface area contributed by atoms with E-state index in [1.54, 1.807) is 48.7 Å². The van der Waals surface area contributed by atoms with E-state index in [0.717, 1.165) is 17.5 Å². The highest BCUT2D eigenvalue weighted by Gasteiger charge is 2.42. The highest BCUT2D eigenvalue weighted by molar-refractivity contribution is 7.92. The van der Waals surface area contributed by atoms with Gasteiger partial charge in [0.2, 0.25) is 10.0 Å². The van der Waals surface area contributed by atoms with Gasteiger partial charge in [-0.15, -0.1) is 0 Å². The highest BCUT2D eigenvalue weighted by atomic mass is 32.2. The summed E-state index contributed by atoms with van der Waals surface area (Å²) in [5, 5.41) is 3.77. The van der Waals surface area contributed by atoms with E-state index >= 15 is 0 Å². The highest BCUT2D eigenvalue weighted by Crippen LogP contribution is 2.44. The van der Waals surface area contributed by atoms with Crippen LogP contribution >= 0.6 is 12.2 Å². The molecule has 40 heavy (non-hydrogen) atoms. The number of sulfonamides is 1. The smallest absolute Gasteiger partial charge is 0.337 e. The van der Waals surface area contributed by atoms with Crippen molar-refractivity contribution in [2.75, 3.05) is 30.1 Å². The summed E-state index contributed by atoms with van der Waals surface area (Å²) in [6.07, 6.45) is 2.78. The molecule has 0 saturated carbocycles. The number of thiocarbonyl (C=S) groups is 1. The van der Waals surface area contributed by atoms with Gasteiger partial charge in [0.05, 0.1) is 43.5 Å². The van der Waals surface area contributed by atoms with Gasteiger partial charge in [-0.3, -0.25) is 9.71 Å². The molecule has 1 aliphatic heterocycles. The summed E-state index contributed by atoms with van der Waals surface area (Å²) in [5.41, 5.74) is 2.85. The van der Waals surface area contributed by atoms with Crippen molar-refractivity contribution in [2.45, 2.75) is 12.1 Å². The fourth-order valence-electron chi connectivity index (χ4n) is 4.60. The molecule has 1 saturated heterocycles. The Bertz CT molecular complexity index is 1660. The summed E-state index contributed by atoms with van der Waals surface area (Å²) >= 11 is 5.77. The molecule has 12 heteroatoms. The number of carbonyl (C=O) groups is 1. The zero-order valence-electron chi connectivity index (χ0n) is 21.8. The van der Waals surface area contributed by atoms with E-state index < -0.39 is 22.0 Å². The van der Waals surface area contributed by atoms with Crippen LogP contribution in [0, 0.1) is 0 Å². The Morgan fingerprint density at radius 1 is 1.07 bits per heavy atom. The SMILES string of the molecule is COC(=O)c1ccc(-c2ccc(C3C(c4ccccn4)NC(=S)N3c3ccc(OC)c(NS(C)(=O)=O)c3)o2)cc1. The third-order valence-corrected chi connectivity index (χ3v) is 7.27. The number of rotatable bonds is 8. The van der Waals surface area contributed by atoms with Crippen LogP contribution in [0.4, 0.5) is 11.4 Å². The summed E-state index contributed by atoms with van der Waals surface area (Å²) in [6.45, 7) is 0. The van der Waals surface area contributed by atoms with Crippen molar-refractivity contribution in [1.29, 1.82) is 0 Å².